The molecule has 1 aliphatic heterocycles. The van der Waals surface area contributed by atoms with E-state index in [9.17, 15) is 9.59 Å². The Balaban J connectivity index is 1.89. The SMILES string of the molecule is Cc1cccc(C2=CCN(C(=O)NCCC(=O)O)CC2)c1. The Hall–Kier alpha value is -2.30. The van der Waals surface area contributed by atoms with E-state index in [1.165, 1.54) is 16.7 Å². The summed E-state index contributed by atoms with van der Waals surface area (Å²) in [6.07, 6.45) is 2.83. The minimum Gasteiger partial charge on any atom is -0.481 e. The first kappa shape index (κ1) is 15.1. The second-order valence-electron chi connectivity index (χ2n) is 5.17. The number of carboxylic acid groups (broad SMARTS) is 1. The smallest absolute Gasteiger partial charge is 0.317 e. The molecule has 0 aromatic heterocycles. The number of carbonyl (C=O) groups is 2. The van der Waals surface area contributed by atoms with Crippen LogP contribution in [0.15, 0.2) is 30.3 Å². The molecule has 0 saturated heterocycles. The second kappa shape index (κ2) is 6.92. The molecule has 112 valence electrons. The van der Waals surface area contributed by atoms with Crippen LogP contribution in [0.2, 0.25) is 0 Å². The number of rotatable bonds is 4. The zero-order valence-electron chi connectivity index (χ0n) is 12.1. The van der Waals surface area contributed by atoms with Gasteiger partial charge in [-0.2, -0.15) is 0 Å². The standard InChI is InChI=1S/C16H20N2O3/c1-12-3-2-4-14(11-12)13-6-9-18(10-7-13)16(21)17-8-5-15(19)20/h2-4,6,11H,5,7-10H2,1H3,(H,17,21)(H,19,20). The number of aryl methyl sites for hydroxylation is 1. The van der Waals surface area contributed by atoms with Crippen molar-refractivity contribution in [1.82, 2.24) is 10.2 Å². The topological polar surface area (TPSA) is 69.6 Å². The van der Waals surface area contributed by atoms with E-state index >= 15 is 0 Å². The van der Waals surface area contributed by atoms with E-state index in [2.05, 4.69) is 36.5 Å². The van der Waals surface area contributed by atoms with E-state index in [1.54, 1.807) is 4.90 Å². The molecule has 0 spiro atoms. The predicted octanol–water partition coefficient (Wildman–Crippen LogP) is 2.27. The molecule has 0 radical (unpaired) electrons. The number of urea groups is 1. The van der Waals surface area contributed by atoms with Gasteiger partial charge in [0.2, 0.25) is 0 Å². The van der Waals surface area contributed by atoms with Gasteiger partial charge in [-0.25, -0.2) is 4.79 Å². The van der Waals surface area contributed by atoms with Crippen molar-refractivity contribution in [2.45, 2.75) is 19.8 Å². The molecule has 0 unspecified atom stereocenters. The van der Waals surface area contributed by atoms with Crippen molar-refractivity contribution in [3.63, 3.8) is 0 Å². The summed E-state index contributed by atoms with van der Waals surface area (Å²) in [7, 11) is 0. The van der Waals surface area contributed by atoms with Crippen LogP contribution in [0.3, 0.4) is 0 Å². The van der Waals surface area contributed by atoms with Gasteiger partial charge in [-0.15, -0.1) is 0 Å². The van der Waals surface area contributed by atoms with Crippen molar-refractivity contribution >= 4 is 17.6 Å². The van der Waals surface area contributed by atoms with Crippen LogP contribution in [0.4, 0.5) is 4.79 Å². The number of carboxylic acids is 1. The summed E-state index contributed by atoms with van der Waals surface area (Å²) in [6.45, 7) is 3.44. The molecule has 0 aliphatic carbocycles. The molecule has 1 heterocycles. The lowest BCUT2D eigenvalue weighted by molar-refractivity contribution is -0.136. The zero-order chi connectivity index (χ0) is 15.2. The van der Waals surface area contributed by atoms with Crippen LogP contribution in [0.25, 0.3) is 5.57 Å². The molecule has 0 saturated carbocycles. The maximum Gasteiger partial charge on any atom is 0.317 e. The van der Waals surface area contributed by atoms with E-state index in [0.717, 1.165) is 6.42 Å². The van der Waals surface area contributed by atoms with Gasteiger partial charge in [-0.1, -0.05) is 35.9 Å². The normalized spacial score (nSPS) is 14.5. The van der Waals surface area contributed by atoms with Gasteiger partial charge in [0, 0.05) is 19.6 Å². The third kappa shape index (κ3) is 4.34. The van der Waals surface area contributed by atoms with Gasteiger partial charge in [0.05, 0.1) is 6.42 Å². The van der Waals surface area contributed by atoms with Crippen LogP contribution >= 0.6 is 0 Å². The van der Waals surface area contributed by atoms with Crippen LogP contribution in [-0.4, -0.2) is 41.6 Å². The monoisotopic (exact) mass is 288 g/mol. The minimum atomic E-state index is -0.907. The summed E-state index contributed by atoms with van der Waals surface area (Å²) in [4.78, 5) is 24.0. The van der Waals surface area contributed by atoms with Gasteiger partial charge < -0.3 is 15.3 Å². The Morgan fingerprint density at radius 3 is 2.81 bits per heavy atom. The molecule has 1 aromatic rings. The number of nitrogens with one attached hydrogen (secondary N) is 1. The van der Waals surface area contributed by atoms with E-state index in [4.69, 9.17) is 5.11 Å². The molecule has 5 nitrogen and oxygen atoms in total. The summed E-state index contributed by atoms with van der Waals surface area (Å²) in [5.74, 6) is -0.907. The lowest BCUT2D eigenvalue weighted by Gasteiger charge is -2.27. The fraction of sp³-hybridized carbons (Fsp3) is 0.375. The summed E-state index contributed by atoms with van der Waals surface area (Å²) in [5, 5.41) is 11.2. The van der Waals surface area contributed by atoms with E-state index < -0.39 is 5.97 Å². The van der Waals surface area contributed by atoms with E-state index in [-0.39, 0.29) is 19.0 Å². The maximum atomic E-state index is 11.9. The highest BCUT2D eigenvalue weighted by Gasteiger charge is 2.17. The molecule has 0 fully saturated rings. The molecule has 2 N–H and O–H groups in total. The number of hydrogen-bond acceptors (Lipinski definition) is 2. The fourth-order valence-corrected chi connectivity index (χ4v) is 2.35. The highest BCUT2D eigenvalue weighted by atomic mass is 16.4. The number of aliphatic carboxylic acids is 1. The molecule has 1 aliphatic rings. The molecular weight excluding hydrogens is 268 g/mol. The first-order valence-corrected chi connectivity index (χ1v) is 7.07. The Bertz CT molecular complexity index is 566. The number of amides is 2. The van der Waals surface area contributed by atoms with Gasteiger partial charge in [-0.05, 0) is 24.5 Å². The number of nitrogens with zero attached hydrogens (tertiary/aromatic N) is 1. The summed E-state index contributed by atoms with van der Waals surface area (Å²) in [5.41, 5.74) is 3.69. The van der Waals surface area contributed by atoms with Crippen molar-refractivity contribution in [3.8, 4) is 0 Å². The van der Waals surface area contributed by atoms with Crippen LogP contribution in [0, 0.1) is 6.92 Å². The Morgan fingerprint density at radius 2 is 2.19 bits per heavy atom. The zero-order valence-corrected chi connectivity index (χ0v) is 12.1. The molecule has 21 heavy (non-hydrogen) atoms. The number of benzene rings is 1. The first-order valence-electron chi connectivity index (χ1n) is 7.07. The van der Waals surface area contributed by atoms with Gasteiger partial charge in [0.1, 0.15) is 0 Å². The first-order chi connectivity index (χ1) is 10.1. The molecule has 0 atom stereocenters. The van der Waals surface area contributed by atoms with Crippen LogP contribution in [0.1, 0.15) is 24.0 Å². The summed E-state index contributed by atoms with van der Waals surface area (Å²) < 4.78 is 0. The predicted molar refractivity (Wildman–Crippen MR) is 81.0 cm³/mol. The third-order valence-corrected chi connectivity index (χ3v) is 3.50. The molecule has 1 aromatic carbocycles. The van der Waals surface area contributed by atoms with Crippen molar-refractivity contribution < 1.29 is 14.7 Å². The highest BCUT2D eigenvalue weighted by molar-refractivity contribution is 5.77. The van der Waals surface area contributed by atoms with Crippen LogP contribution in [-0.2, 0) is 4.79 Å². The Labute approximate surface area is 124 Å². The average Bonchev–Trinajstić information content (AvgIpc) is 2.47. The quantitative estimate of drug-likeness (QED) is 0.893. The lowest BCUT2D eigenvalue weighted by Crippen LogP contribution is -2.42. The fourth-order valence-electron chi connectivity index (χ4n) is 2.35. The molecular formula is C16H20N2O3. The largest absolute Gasteiger partial charge is 0.481 e. The van der Waals surface area contributed by atoms with Crippen LogP contribution in [0.5, 0.6) is 0 Å². The molecule has 5 heteroatoms. The highest BCUT2D eigenvalue weighted by Crippen LogP contribution is 2.22. The van der Waals surface area contributed by atoms with Crippen molar-refractivity contribution in [2.75, 3.05) is 19.6 Å². The molecule has 2 amide bonds. The van der Waals surface area contributed by atoms with Crippen molar-refractivity contribution in [1.29, 1.82) is 0 Å². The Morgan fingerprint density at radius 1 is 1.38 bits per heavy atom. The molecule has 2 rings (SSSR count). The van der Waals surface area contributed by atoms with Gasteiger partial charge in [0.15, 0.2) is 0 Å². The van der Waals surface area contributed by atoms with Gasteiger partial charge >= 0.3 is 12.0 Å². The van der Waals surface area contributed by atoms with Crippen LogP contribution < -0.4 is 5.32 Å². The minimum absolute atomic E-state index is 0.0516. The average molecular weight is 288 g/mol. The third-order valence-electron chi connectivity index (χ3n) is 3.50. The van der Waals surface area contributed by atoms with E-state index in [0.29, 0.717) is 13.1 Å². The maximum absolute atomic E-state index is 11.9. The van der Waals surface area contributed by atoms with Gasteiger partial charge in [-0.3, -0.25) is 4.79 Å². The van der Waals surface area contributed by atoms with E-state index in [1.807, 2.05) is 6.07 Å². The number of carbonyl (C=O) groups excluding carboxylic acids is 1. The van der Waals surface area contributed by atoms with Gasteiger partial charge in [0.25, 0.3) is 0 Å². The summed E-state index contributed by atoms with van der Waals surface area (Å²) >= 11 is 0. The van der Waals surface area contributed by atoms with Crippen molar-refractivity contribution in [3.05, 3.63) is 41.5 Å². The van der Waals surface area contributed by atoms with Crippen molar-refractivity contribution in [2.24, 2.45) is 0 Å². The molecule has 0 bridgehead atoms. The lowest BCUT2D eigenvalue weighted by atomic mass is 9.98. The number of hydrogen-bond donors (Lipinski definition) is 2. The summed E-state index contributed by atoms with van der Waals surface area (Å²) in [6, 6.07) is 8.14. The second-order valence-corrected chi connectivity index (χ2v) is 5.17. The Kier molecular flexibility index (Phi) is 4.98.